The van der Waals surface area contributed by atoms with Crippen LogP contribution in [0.3, 0.4) is 0 Å². The van der Waals surface area contributed by atoms with Crippen LogP contribution in [-0.4, -0.2) is 15.6 Å². The first-order valence-electron chi connectivity index (χ1n) is 7.19. The van der Waals surface area contributed by atoms with Gasteiger partial charge in [-0.05, 0) is 24.6 Å². The van der Waals surface area contributed by atoms with E-state index >= 15 is 0 Å². The lowest BCUT2D eigenvalue weighted by atomic mass is 10.1. The van der Waals surface area contributed by atoms with Gasteiger partial charge in [-0.1, -0.05) is 48.5 Å². The van der Waals surface area contributed by atoms with Crippen molar-refractivity contribution >= 4 is 22.9 Å². The summed E-state index contributed by atoms with van der Waals surface area (Å²) in [5, 5.41) is 9.96. The number of nitrogens with zero attached hydrogens (tertiary/aromatic N) is 1. The molecule has 0 saturated heterocycles. The third-order valence-electron chi connectivity index (χ3n) is 3.86. The fraction of sp³-hybridized carbons (Fsp3) is 0.105. The van der Waals surface area contributed by atoms with Crippen LogP contribution in [0, 0.1) is 6.92 Å². The molecule has 0 saturated carbocycles. The first kappa shape index (κ1) is 14.1. The summed E-state index contributed by atoms with van der Waals surface area (Å²) >= 11 is 0. The topological polar surface area (TPSA) is 42.2 Å². The summed E-state index contributed by atoms with van der Waals surface area (Å²) in [5.41, 5.74) is 4.38. The molecular weight excluding hydrogens is 274 g/mol. The van der Waals surface area contributed by atoms with E-state index in [0.29, 0.717) is 0 Å². The fourth-order valence-electron chi connectivity index (χ4n) is 2.79. The van der Waals surface area contributed by atoms with Crippen molar-refractivity contribution in [3.8, 4) is 0 Å². The van der Waals surface area contributed by atoms with Crippen LogP contribution in [0.25, 0.3) is 17.0 Å². The number of benzene rings is 2. The van der Waals surface area contributed by atoms with Gasteiger partial charge in [0.25, 0.3) is 0 Å². The molecule has 3 nitrogen and oxygen atoms in total. The molecule has 1 aromatic heterocycles. The summed E-state index contributed by atoms with van der Waals surface area (Å²) in [6.07, 6.45) is 2.88. The molecule has 0 bridgehead atoms. The van der Waals surface area contributed by atoms with Crippen LogP contribution in [0.2, 0.25) is 0 Å². The summed E-state index contributed by atoms with van der Waals surface area (Å²) in [4.78, 5) is 10.8. The molecule has 1 N–H and O–H groups in total. The van der Waals surface area contributed by atoms with Crippen molar-refractivity contribution in [1.29, 1.82) is 0 Å². The van der Waals surface area contributed by atoms with Crippen LogP contribution in [0.4, 0.5) is 0 Å². The number of carboxylic acids is 1. The number of aliphatic carboxylic acids is 1. The molecule has 0 spiro atoms. The zero-order valence-corrected chi connectivity index (χ0v) is 12.4. The average Bonchev–Trinajstić information content (AvgIpc) is 2.79. The molecule has 0 unspecified atom stereocenters. The largest absolute Gasteiger partial charge is 0.478 e. The fourth-order valence-corrected chi connectivity index (χ4v) is 2.79. The van der Waals surface area contributed by atoms with E-state index in [9.17, 15) is 4.79 Å². The highest BCUT2D eigenvalue weighted by Gasteiger charge is 2.12. The highest BCUT2D eigenvalue weighted by molar-refractivity contribution is 5.95. The normalized spacial score (nSPS) is 11.3. The maximum absolute atomic E-state index is 10.8. The Bertz CT molecular complexity index is 845. The molecule has 0 radical (unpaired) electrons. The third-order valence-corrected chi connectivity index (χ3v) is 3.86. The molecule has 1 heterocycles. The Kier molecular flexibility index (Phi) is 3.79. The van der Waals surface area contributed by atoms with Gasteiger partial charge in [0.1, 0.15) is 0 Å². The maximum Gasteiger partial charge on any atom is 0.328 e. The summed E-state index contributed by atoms with van der Waals surface area (Å²) in [6.45, 7) is 2.80. The first-order chi connectivity index (χ1) is 10.7. The minimum Gasteiger partial charge on any atom is -0.478 e. The molecule has 0 amide bonds. The van der Waals surface area contributed by atoms with Crippen molar-refractivity contribution in [3.63, 3.8) is 0 Å². The molecule has 0 fully saturated rings. The van der Waals surface area contributed by atoms with Gasteiger partial charge in [0.2, 0.25) is 0 Å². The highest BCUT2D eigenvalue weighted by Crippen LogP contribution is 2.27. The number of carboxylic acid groups (broad SMARTS) is 1. The molecule has 0 atom stereocenters. The lowest BCUT2D eigenvalue weighted by Crippen LogP contribution is -2.01. The van der Waals surface area contributed by atoms with Crippen LogP contribution in [0.1, 0.15) is 16.8 Å². The van der Waals surface area contributed by atoms with Gasteiger partial charge in [-0.25, -0.2) is 4.79 Å². The Balaban J connectivity index is 2.14. The number of hydrogen-bond acceptors (Lipinski definition) is 1. The van der Waals surface area contributed by atoms with Crippen molar-refractivity contribution in [3.05, 3.63) is 77.5 Å². The van der Waals surface area contributed by atoms with Gasteiger partial charge >= 0.3 is 5.97 Å². The molecule has 3 aromatic rings. The first-order valence-corrected chi connectivity index (χ1v) is 7.19. The highest BCUT2D eigenvalue weighted by atomic mass is 16.4. The predicted octanol–water partition coefficient (Wildman–Crippen LogP) is 4.10. The van der Waals surface area contributed by atoms with Gasteiger partial charge in [0.05, 0.1) is 0 Å². The van der Waals surface area contributed by atoms with E-state index in [1.807, 2.05) is 43.3 Å². The molecule has 3 heteroatoms. The third kappa shape index (κ3) is 2.66. The van der Waals surface area contributed by atoms with Crippen molar-refractivity contribution in [1.82, 2.24) is 4.57 Å². The molecule has 0 aliphatic heterocycles. The van der Waals surface area contributed by atoms with E-state index in [1.165, 1.54) is 11.6 Å². The average molecular weight is 291 g/mol. The Morgan fingerprint density at radius 2 is 1.77 bits per heavy atom. The maximum atomic E-state index is 10.8. The Labute approximate surface area is 129 Å². The van der Waals surface area contributed by atoms with E-state index in [4.69, 9.17) is 5.11 Å². The molecule has 0 aliphatic carbocycles. The van der Waals surface area contributed by atoms with Crippen LogP contribution in [0.15, 0.2) is 60.7 Å². The second-order valence-electron chi connectivity index (χ2n) is 5.26. The number of hydrogen-bond donors (Lipinski definition) is 1. The lowest BCUT2D eigenvalue weighted by Gasteiger charge is -2.08. The SMILES string of the molecule is Cc1c(/C=C/C(=O)O)c2ccccc2n1Cc1ccccc1. The van der Waals surface area contributed by atoms with Gasteiger partial charge in [0, 0.05) is 34.8 Å². The number of aromatic nitrogens is 1. The van der Waals surface area contributed by atoms with E-state index in [1.54, 1.807) is 6.08 Å². The van der Waals surface area contributed by atoms with Crippen LogP contribution in [-0.2, 0) is 11.3 Å². The number of carbonyl (C=O) groups is 1. The molecule has 2 aromatic carbocycles. The Morgan fingerprint density at radius 3 is 2.50 bits per heavy atom. The summed E-state index contributed by atoms with van der Waals surface area (Å²) in [5.74, 6) is -0.931. The van der Waals surface area contributed by atoms with E-state index < -0.39 is 5.97 Å². The van der Waals surface area contributed by atoms with E-state index in [0.717, 1.165) is 28.7 Å². The monoisotopic (exact) mass is 291 g/mol. The van der Waals surface area contributed by atoms with Gasteiger partial charge in [0.15, 0.2) is 0 Å². The summed E-state index contributed by atoms with van der Waals surface area (Å²) < 4.78 is 2.23. The van der Waals surface area contributed by atoms with Crippen molar-refractivity contribution < 1.29 is 9.90 Å². The molecule has 3 rings (SSSR count). The molecule has 0 aliphatic rings. The van der Waals surface area contributed by atoms with E-state index in [-0.39, 0.29) is 0 Å². The van der Waals surface area contributed by atoms with Gasteiger partial charge in [-0.15, -0.1) is 0 Å². The lowest BCUT2D eigenvalue weighted by molar-refractivity contribution is -0.131. The van der Waals surface area contributed by atoms with Crippen molar-refractivity contribution in [2.45, 2.75) is 13.5 Å². The van der Waals surface area contributed by atoms with Crippen molar-refractivity contribution in [2.75, 3.05) is 0 Å². The molecular formula is C19H17NO2. The molecule has 22 heavy (non-hydrogen) atoms. The van der Waals surface area contributed by atoms with Gasteiger partial charge < -0.3 is 9.67 Å². The van der Waals surface area contributed by atoms with Crippen LogP contribution < -0.4 is 0 Å². The van der Waals surface area contributed by atoms with Crippen LogP contribution >= 0.6 is 0 Å². The van der Waals surface area contributed by atoms with Gasteiger partial charge in [-0.2, -0.15) is 0 Å². The number of rotatable bonds is 4. The Hall–Kier alpha value is -2.81. The van der Waals surface area contributed by atoms with Crippen LogP contribution in [0.5, 0.6) is 0 Å². The summed E-state index contributed by atoms with van der Waals surface area (Å²) in [7, 11) is 0. The number of fused-ring (bicyclic) bond motifs is 1. The number of para-hydroxylation sites is 1. The zero-order valence-electron chi connectivity index (χ0n) is 12.4. The predicted molar refractivity (Wildman–Crippen MR) is 88.9 cm³/mol. The zero-order chi connectivity index (χ0) is 15.5. The smallest absolute Gasteiger partial charge is 0.328 e. The van der Waals surface area contributed by atoms with Gasteiger partial charge in [-0.3, -0.25) is 0 Å². The molecule has 110 valence electrons. The second-order valence-corrected chi connectivity index (χ2v) is 5.26. The second kappa shape index (κ2) is 5.90. The standard InChI is InChI=1S/C19H17NO2/c1-14-16(11-12-19(21)22)17-9-5-6-10-18(17)20(14)13-15-7-3-2-4-8-15/h2-12H,13H2,1H3,(H,21,22)/b12-11+. The van der Waals surface area contributed by atoms with Crippen molar-refractivity contribution in [2.24, 2.45) is 0 Å². The quantitative estimate of drug-likeness (QED) is 0.735. The Morgan fingerprint density at radius 1 is 1.09 bits per heavy atom. The summed E-state index contributed by atoms with van der Waals surface area (Å²) in [6, 6.07) is 18.4. The van der Waals surface area contributed by atoms with E-state index in [2.05, 4.69) is 22.8 Å². The minimum absolute atomic E-state index is 0.772. The minimum atomic E-state index is -0.931.